The molecule has 2 unspecified atom stereocenters. The third-order valence-corrected chi connectivity index (χ3v) is 3.60. The molecule has 0 aliphatic carbocycles. The average Bonchev–Trinajstić information content (AvgIpc) is 2.80. The van der Waals surface area contributed by atoms with Gasteiger partial charge in [-0.2, -0.15) is 0 Å². The highest BCUT2D eigenvalue weighted by molar-refractivity contribution is 5.72. The highest BCUT2D eigenvalue weighted by Gasteiger charge is 2.30. The van der Waals surface area contributed by atoms with Crippen LogP contribution in [0.2, 0.25) is 0 Å². The van der Waals surface area contributed by atoms with Crippen LogP contribution in [0.3, 0.4) is 0 Å². The van der Waals surface area contributed by atoms with Gasteiger partial charge >= 0.3 is 5.97 Å². The Kier molecular flexibility index (Phi) is 4.56. The van der Waals surface area contributed by atoms with Crippen molar-refractivity contribution >= 4 is 5.97 Å². The fourth-order valence-corrected chi connectivity index (χ4v) is 2.51. The Morgan fingerprint density at radius 1 is 1.42 bits per heavy atom. The number of likely N-dealkylation sites (N-methyl/N-ethyl adjacent to an activating group) is 1. The second-order valence-electron chi connectivity index (χ2n) is 5.29. The number of rotatable bonds is 5. The third kappa shape index (κ3) is 3.78. The maximum atomic E-state index is 10.8. The third-order valence-electron chi connectivity index (χ3n) is 3.60. The van der Waals surface area contributed by atoms with Crippen molar-refractivity contribution in [2.75, 3.05) is 13.6 Å². The van der Waals surface area contributed by atoms with Crippen molar-refractivity contribution in [3.63, 3.8) is 0 Å². The van der Waals surface area contributed by atoms with Crippen molar-refractivity contribution in [2.45, 2.75) is 38.5 Å². The molecule has 1 N–H and O–H groups in total. The molecule has 1 aliphatic heterocycles. The van der Waals surface area contributed by atoms with E-state index in [2.05, 4.69) is 24.0 Å². The van der Waals surface area contributed by atoms with Gasteiger partial charge in [-0.05, 0) is 37.9 Å². The molecule has 4 nitrogen and oxygen atoms in total. The van der Waals surface area contributed by atoms with E-state index in [1.807, 2.05) is 19.2 Å². The van der Waals surface area contributed by atoms with Crippen LogP contribution >= 0.6 is 0 Å². The Hall–Kier alpha value is -1.39. The number of hydrogen-bond acceptors (Lipinski definition) is 3. The second kappa shape index (κ2) is 6.17. The zero-order valence-corrected chi connectivity index (χ0v) is 11.5. The molecule has 1 aliphatic rings. The quantitative estimate of drug-likeness (QED) is 0.883. The summed E-state index contributed by atoms with van der Waals surface area (Å²) >= 11 is 0. The number of aryl methyl sites for hydroxylation is 1. The van der Waals surface area contributed by atoms with Crippen molar-refractivity contribution in [3.8, 4) is 0 Å². The van der Waals surface area contributed by atoms with E-state index in [-0.39, 0.29) is 6.10 Å². The molecule has 0 saturated carbocycles. The van der Waals surface area contributed by atoms with Crippen LogP contribution in [-0.2, 0) is 16.1 Å². The molecule has 0 radical (unpaired) electrons. The number of carboxylic acids is 1. The minimum Gasteiger partial charge on any atom is -0.479 e. The summed E-state index contributed by atoms with van der Waals surface area (Å²) < 4.78 is 5.52. The fourth-order valence-electron chi connectivity index (χ4n) is 2.51. The predicted molar refractivity (Wildman–Crippen MR) is 73.0 cm³/mol. The van der Waals surface area contributed by atoms with Crippen molar-refractivity contribution in [1.82, 2.24) is 4.90 Å². The van der Waals surface area contributed by atoms with E-state index in [9.17, 15) is 4.79 Å². The van der Waals surface area contributed by atoms with Crippen LogP contribution in [0, 0.1) is 6.92 Å². The molecule has 0 spiro atoms. The lowest BCUT2D eigenvalue weighted by molar-refractivity contribution is -0.149. The van der Waals surface area contributed by atoms with Crippen molar-refractivity contribution < 1.29 is 14.6 Å². The van der Waals surface area contributed by atoms with Gasteiger partial charge in [-0.25, -0.2) is 4.79 Å². The van der Waals surface area contributed by atoms with Gasteiger partial charge < -0.3 is 9.84 Å². The topological polar surface area (TPSA) is 49.8 Å². The van der Waals surface area contributed by atoms with Gasteiger partial charge in [-0.1, -0.05) is 24.3 Å². The lowest BCUT2D eigenvalue weighted by Crippen LogP contribution is -2.30. The zero-order chi connectivity index (χ0) is 13.8. The molecule has 0 aromatic heterocycles. The Balaban J connectivity index is 1.84. The van der Waals surface area contributed by atoms with Crippen molar-refractivity contribution in [1.29, 1.82) is 0 Å². The second-order valence-corrected chi connectivity index (χ2v) is 5.29. The highest BCUT2D eigenvalue weighted by atomic mass is 16.5. The maximum absolute atomic E-state index is 10.8. The standard InChI is InChI=1S/C15H21NO3/c1-11-5-3-4-6-12(11)9-16(2)10-13-7-8-14(19-13)15(17)18/h3-6,13-14H,7-10H2,1-2H3,(H,17,18). The molecule has 1 aromatic carbocycles. The van der Waals surface area contributed by atoms with Crippen molar-refractivity contribution in [2.24, 2.45) is 0 Å². The summed E-state index contributed by atoms with van der Waals surface area (Å²) in [6.45, 7) is 3.75. The van der Waals surface area contributed by atoms with Gasteiger partial charge in [0.15, 0.2) is 6.10 Å². The first-order chi connectivity index (χ1) is 9.06. The van der Waals surface area contributed by atoms with E-state index in [0.717, 1.165) is 19.5 Å². The number of nitrogens with zero attached hydrogens (tertiary/aromatic N) is 1. The Morgan fingerprint density at radius 2 is 2.16 bits per heavy atom. The molecule has 1 aromatic rings. The van der Waals surface area contributed by atoms with Crippen LogP contribution in [0.15, 0.2) is 24.3 Å². The summed E-state index contributed by atoms with van der Waals surface area (Å²) in [7, 11) is 2.05. The first kappa shape index (κ1) is 14.0. The van der Waals surface area contributed by atoms with E-state index in [4.69, 9.17) is 9.84 Å². The Bertz CT molecular complexity index is 447. The molecule has 0 amide bonds. The van der Waals surface area contributed by atoms with Gasteiger partial charge in [0.1, 0.15) is 0 Å². The molecule has 1 heterocycles. The van der Waals surface area contributed by atoms with E-state index in [1.54, 1.807) is 0 Å². The molecule has 0 bridgehead atoms. The molecule has 104 valence electrons. The average molecular weight is 263 g/mol. The molecule has 2 atom stereocenters. The van der Waals surface area contributed by atoms with Crippen molar-refractivity contribution in [3.05, 3.63) is 35.4 Å². The summed E-state index contributed by atoms with van der Waals surface area (Å²) in [6.07, 6.45) is 0.875. The lowest BCUT2D eigenvalue weighted by atomic mass is 10.1. The van der Waals surface area contributed by atoms with E-state index in [0.29, 0.717) is 6.42 Å². The normalized spacial score (nSPS) is 22.9. The molecule has 19 heavy (non-hydrogen) atoms. The largest absolute Gasteiger partial charge is 0.479 e. The minimum atomic E-state index is -0.843. The van der Waals surface area contributed by atoms with Gasteiger partial charge in [-0.3, -0.25) is 4.90 Å². The number of carboxylic acid groups (broad SMARTS) is 1. The van der Waals surface area contributed by atoms with Crippen LogP contribution in [-0.4, -0.2) is 41.8 Å². The highest BCUT2D eigenvalue weighted by Crippen LogP contribution is 2.21. The number of hydrogen-bond donors (Lipinski definition) is 1. The summed E-state index contributed by atoms with van der Waals surface area (Å²) in [5.41, 5.74) is 2.59. The van der Waals surface area contributed by atoms with Gasteiger partial charge in [0.05, 0.1) is 6.10 Å². The number of benzene rings is 1. The molecule has 1 fully saturated rings. The number of aliphatic carboxylic acids is 1. The zero-order valence-electron chi connectivity index (χ0n) is 11.5. The monoisotopic (exact) mass is 263 g/mol. The summed E-state index contributed by atoms with van der Waals surface area (Å²) in [5, 5.41) is 8.90. The molecule has 4 heteroatoms. The van der Waals surface area contributed by atoms with E-state index in [1.165, 1.54) is 11.1 Å². The smallest absolute Gasteiger partial charge is 0.332 e. The predicted octanol–water partition coefficient (Wildman–Crippen LogP) is 2.06. The van der Waals surface area contributed by atoms with Gasteiger partial charge in [0.2, 0.25) is 0 Å². The van der Waals surface area contributed by atoms with E-state index < -0.39 is 12.1 Å². The van der Waals surface area contributed by atoms with Crippen LogP contribution < -0.4 is 0 Å². The lowest BCUT2D eigenvalue weighted by Gasteiger charge is -2.21. The molecular formula is C15H21NO3. The van der Waals surface area contributed by atoms with E-state index >= 15 is 0 Å². The van der Waals surface area contributed by atoms with Gasteiger partial charge in [-0.15, -0.1) is 0 Å². The van der Waals surface area contributed by atoms with Crippen LogP contribution in [0.5, 0.6) is 0 Å². The maximum Gasteiger partial charge on any atom is 0.332 e. The molecular weight excluding hydrogens is 242 g/mol. The molecule has 2 rings (SSSR count). The number of carbonyl (C=O) groups is 1. The van der Waals surface area contributed by atoms with Crippen LogP contribution in [0.4, 0.5) is 0 Å². The van der Waals surface area contributed by atoms with Crippen LogP contribution in [0.25, 0.3) is 0 Å². The summed E-state index contributed by atoms with van der Waals surface area (Å²) in [4.78, 5) is 13.0. The van der Waals surface area contributed by atoms with Crippen LogP contribution in [0.1, 0.15) is 24.0 Å². The summed E-state index contributed by atoms with van der Waals surface area (Å²) in [5.74, 6) is -0.843. The first-order valence-electron chi connectivity index (χ1n) is 6.67. The fraction of sp³-hybridized carbons (Fsp3) is 0.533. The number of ether oxygens (including phenoxy) is 1. The Labute approximate surface area is 114 Å². The van der Waals surface area contributed by atoms with Gasteiger partial charge in [0.25, 0.3) is 0 Å². The molecule has 1 saturated heterocycles. The first-order valence-corrected chi connectivity index (χ1v) is 6.67. The van der Waals surface area contributed by atoms with Gasteiger partial charge in [0, 0.05) is 13.1 Å². The summed E-state index contributed by atoms with van der Waals surface area (Å²) in [6, 6.07) is 8.32. The Morgan fingerprint density at radius 3 is 2.79 bits per heavy atom. The SMILES string of the molecule is Cc1ccccc1CN(C)CC1CCC(C(=O)O)O1. The minimum absolute atomic E-state index is 0.0371.